The zero-order chi connectivity index (χ0) is 11.0. The second-order valence-corrected chi connectivity index (χ2v) is 4.15. The number of para-hydroxylation sites is 2. The first-order chi connectivity index (χ1) is 7.90. The zero-order valence-electron chi connectivity index (χ0n) is 9.38. The molecule has 1 aliphatic heterocycles. The molecule has 1 heterocycles. The fourth-order valence-electron chi connectivity index (χ4n) is 2.51. The van der Waals surface area contributed by atoms with Crippen LogP contribution in [0.15, 0.2) is 53.6 Å². The van der Waals surface area contributed by atoms with Crippen molar-refractivity contribution in [3.05, 3.63) is 59.3 Å². The summed E-state index contributed by atoms with van der Waals surface area (Å²) in [6.45, 7) is 3.22. The van der Waals surface area contributed by atoms with E-state index < -0.39 is 0 Å². The van der Waals surface area contributed by atoms with Crippen LogP contribution in [0.25, 0.3) is 0 Å². The first-order valence-electron chi connectivity index (χ1n) is 5.81. The van der Waals surface area contributed by atoms with Gasteiger partial charge in [0.1, 0.15) is 17.9 Å². The molecule has 0 fully saturated rings. The molecule has 80 valence electrons. The highest BCUT2D eigenvalue weighted by Gasteiger charge is 2.30. The maximum atomic E-state index is 4.79. The normalized spacial score (nSPS) is 25.9. The number of hydrogen-bond donors (Lipinski definition) is 0. The van der Waals surface area contributed by atoms with E-state index in [1.165, 1.54) is 5.36 Å². The van der Waals surface area contributed by atoms with E-state index in [-0.39, 0.29) is 6.04 Å². The van der Waals surface area contributed by atoms with E-state index in [1.54, 1.807) is 0 Å². The van der Waals surface area contributed by atoms with E-state index in [0.717, 1.165) is 11.9 Å². The van der Waals surface area contributed by atoms with Crippen molar-refractivity contribution < 1.29 is 0 Å². The van der Waals surface area contributed by atoms with Crippen LogP contribution in [0, 0.1) is 0 Å². The van der Waals surface area contributed by atoms with Crippen LogP contribution in [0.2, 0.25) is 0 Å². The van der Waals surface area contributed by atoms with Gasteiger partial charge in [0.25, 0.3) is 0 Å². The van der Waals surface area contributed by atoms with Crippen molar-refractivity contribution >= 4 is 0 Å². The molecule has 2 aliphatic rings. The Labute approximate surface area is 95.0 Å². The largest absolute Gasteiger partial charge is 0.264 e. The molecule has 16 heavy (non-hydrogen) atoms. The first kappa shape index (κ1) is 9.52. The van der Waals surface area contributed by atoms with Crippen LogP contribution in [0.5, 0.6) is 0 Å². The van der Waals surface area contributed by atoms with Gasteiger partial charge in [0.15, 0.2) is 6.04 Å². The lowest BCUT2D eigenvalue weighted by Gasteiger charge is -2.21. The van der Waals surface area contributed by atoms with Crippen LogP contribution in [0.4, 0.5) is 0 Å². The van der Waals surface area contributed by atoms with Crippen molar-refractivity contribution in [2.45, 2.75) is 19.0 Å². The highest BCUT2D eigenvalue weighted by Crippen LogP contribution is 2.11. The quantitative estimate of drug-likeness (QED) is 0.608. The third-order valence-corrected chi connectivity index (χ3v) is 3.26. The molecule has 0 aromatic heterocycles. The lowest BCUT2D eigenvalue weighted by atomic mass is 10.0. The summed E-state index contributed by atoms with van der Waals surface area (Å²) in [6.07, 6.45) is 8.64. The number of likely N-dealkylation sites (N-methyl/N-ethyl adjacent to an activating group) is 1. The van der Waals surface area contributed by atoms with Crippen molar-refractivity contribution in [2.24, 2.45) is 4.99 Å². The van der Waals surface area contributed by atoms with Crippen molar-refractivity contribution in [1.29, 1.82) is 0 Å². The molecule has 1 aromatic carbocycles. The summed E-state index contributed by atoms with van der Waals surface area (Å²) in [7, 11) is 0. The van der Waals surface area contributed by atoms with Crippen molar-refractivity contribution in [3.63, 3.8) is 0 Å². The molecule has 0 N–H and O–H groups in total. The fourth-order valence-corrected chi connectivity index (χ4v) is 2.51. The maximum Gasteiger partial charge on any atom is 0.225 e. The Kier molecular flexibility index (Phi) is 2.21. The van der Waals surface area contributed by atoms with Gasteiger partial charge in [-0.1, -0.05) is 30.4 Å². The molecule has 0 saturated heterocycles. The van der Waals surface area contributed by atoms with Gasteiger partial charge < -0.3 is 0 Å². The van der Waals surface area contributed by atoms with Gasteiger partial charge >= 0.3 is 0 Å². The summed E-state index contributed by atoms with van der Waals surface area (Å²) in [5, 5.41) is 2.37. The van der Waals surface area contributed by atoms with E-state index in [1.807, 2.05) is 0 Å². The van der Waals surface area contributed by atoms with E-state index >= 15 is 0 Å². The van der Waals surface area contributed by atoms with Crippen LogP contribution in [-0.4, -0.2) is 18.6 Å². The monoisotopic (exact) mass is 211 g/mol. The number of nitrogens with zero attached hydrogens (tertiary/aromatic N) is 2. The Morgan fingerprint density at radius 3 is 2.88 bits per heavy atom. The second-order valence-electron chi connectivity index (χ2n) is 4.15. The first-order valence-corrected chi connectivity index (χ1v) is 5.81. The third kappa shape index (κ3) is 1.33. The number of allylic oxidation sites excluding steroid dienone is 2. The van der Waals surface area contributed by atoms with Gasteiger partial charge in [-0.2, -0.15) is 0 Å². The molecule has 3 rings (SSSR count). The van der Waals surface area contributed by atoms with Gasteiger partial charge in [-0.25, -0.2) is 4.58 Å². The van der Waals surface area contributed by atoms with E-state index in [2.05, 4.69) is 60.1 Å². The molecule has 2 nitrogen and oxygen atoms in total. The predicted molar refractivity (Wildman–Crippen MR) is 64.9 cm³/mol. The van der Waals surface area contributed by atoms with Crippen molar-refractivity contribution in [2.75, 3.05) is 6.54 Å². The van der Waals surface area contributed by atoms with Gasteiger partial charge in [-0.15, -0.1) is 0 Å². The van der Waals surface area contributed by atoms with Crippen LogP contribution < -0.4 is 15.3 Å². The van der Waals surface area contributed by atoms with Gasteiger partial charge in [0, 0.05) is 6.07 Å². The number of hydrogen-bond acceptors (Lipinski definition) is 1. The average molecular weight is 211 g/mol. The topological polar surface area (TPSA) is 15.4 Å². The average Bonchev–Trinajstić information content (AvgIpc) is 2.36. The smallest absolute Gasteiger partial charge is 0.225 e. The van der Waals surface area contributed by atoms with E-state index in [9.17, 15) is 0 Å². The minimum Gasteiger partial charge on any atom is -0.264 e. The fraction of sp³-hybridized carbons (Fsp3) is 0.286. The maximum absolute atomic E-state index is 4.79. The van der Waals surface area contributed by atoms with Crippen LogP contribution in [-0.2, 0) is 0 Å². The molecule has 2 atom stereocenters. The lowest BCUT2D eigenvalue weighted by molar-refractivity contribution is 0.451. The van der Waals surface area contributed by atoms with Gasteiger partial charge in [-0.3, -0.25) is 4.99 Å². The van der Waals surface area contributed by atoms with Crippen LogP contribution in [0.3, 0.4) is 0 Å². The molecule has 0 bridgehead atoms. The molecule has 2 heteroatoms. The Morgan fingerprint density at radius 1 is 1.19 bits per heavy atom. The minimum atomic E-state index is 0.278. The predicted octanol–water partition coefficient (Wildman–Crippen LogP) is 0.694. The molecule has 0 amide bonds. The standard InChI is InChI=1S/C14H15N2/c1-2-16-13-9-5-3-7-11(13)15-12-8-4-6-10-14(12)16/h3-11,13H,2H2,1H3/q+1. The molecule has 0 saturated carbocycles. The van der Waals surface area contributed by atoms with Gasteiger partial charge in [0.2, 0.25) is 5.36 Å². The Hall–Kier alpha value is -1.70. The summed E-state index contributed by atoms with van der Waals surface area (Å²) in [6, 6.07) is 9.06. The Balaban J connectivity index is 2.32. The van der Waals surface area contributed by atoms with E-state index in [0.29, 0.717) is 6.04 Å². The Bertz CT molecular complexity index is 581. The number of rotatable bonds is 1. The molecular weight excluding hydrogens is 196 g/mol. The third-order valence-electron chi connectivity index (χ3n) is 3.26. The van der Waals surface area contributed by atoms with Crippen molar-refractivity contribution in [3.8, 4) is 0 Å². The summed E-state index contributed by atoms with van der Waals surface area (Å²) < 4.78 is 2.42. The van der Waals surface area contributed by atoms with Crippen molar-refractivity contribution in [1.82, 2.24) is 4.58 Å². The molecule has 1 aliphatic carbocycles. The van der Waals surface area contributed by atoms with Crippen LogP contribution in [0.1, 0.15) is 6.92 Å². The minimum absolute atomic E-state index is 0.278. The summed E-state index contributed by atoms with van der Waals surface area (Å²) in [5.74, 6) is 0. The highest BCUT2D eigenvalue weighted by atomic mass is 15.1. The molecule has 0 radical (unpaired) electrons. The lowest BCUT2D eigenvalue weighted by Crippen LogP contribution is -2.53. The van der Waals surface area contributed by atoms with E-state index in [4.69, 9.17) is 4.99 Å². The summed E-state index contributed by atoms with van der Waals surface area (Å²) in [4.78, 5) is 4.79. The summed E-state index contributed by atoms with van der Waals surface area (Å²) in [5.41, 5.74) is 0. The van der Waals surface area contributed by atoms with Gasteiger partial charge in [-0.05, 0) is 19.1 Å². The second kappa shape index (κ2) is 3.71. The SMILES string of the molecule is CC[N+]1=c2ccccc2=NC2C=CC=CC21. The number of fused-ring (bicyclic) bond motifs is 2. The molecule has 0 spiro atoms. The number of benzene rings is 1. The summed E-state index contributed by atoms with van der Waals surface area (Å²) >= 11 is 0. The van der Waals surface area contributed by atoms with Crippen LogP contribution >= 0.6 is 0 Å². The molecular formula is C14H15N2+. The molecule has 1 aromatic rings. The highest BCUT2D eigenvalue weighted by molar-refractivity contribution is 5.23. The molecule has 2 unspecified atom stereocenters. The Morgan fingerprint density at radius 2 is 2.00 bits per heavy atom. The zero-order valence-corrected chi connectivity index (χ0v) is 9.38. The van der Waals surface area contributed by atoms with Gasteiger partial charge in [0.05, 0.1) is 0 Å².